The molecule has 6 N–H and O–H groups in total. The van der Waals surface area contributed by atoms with E-state index in [0.717, 1.165) is 0 Å². The normalized spacial score (nSPS) is 21.6. The van der Waals surface area contributed by atoms with Gasteiger partial charge in [0.1, 0.15) is 12.1 Å². The summed E-state index contributed by atoms with van der Waals surface area (Å²) in [6.45, 7) is 1.34. The molecule has 0 aliphatic carbocycles. The maximum absolute atomic E-state index is 13.0. The maximum atomic E-state index is 13.0. The van der Waals surface area contributed by atoms with Crippen molar-refractivity contribution < 1.29 is 34.1 Å². The van der Waals surface area contributed by atoms with Gasteiger partial charge in [-0.2, -0.15) is 0 Å². The maximum Gasteiger partial charge on any atom is 0.328 e. The molecule has 2 aromatic carbocycles. The number of phenols is 1. The number of halogens is 3. The zero-order valence-corrected chi connectivity index (χ0v) is 24.5. The number of amides is 2. The molecule has 13 heteroatoms. The summed E-state index contributed by atoms with van der Waals surface area (Å²) in [5.41, 5.74) is 7.34. The largest absolute Gasteiger partial charge is 0.504 e. The van der Waals surface area contributed by atoms with E-state index in [-0.39, 0.29) is 24.3 Å². The molecular formula is C23H24Br2IN3O7. The quantitative estimate of drug-likeness (QED) is 0.232. The Hall–Kier alpha value is -1.94. The first-order chi connectivity index (χ1) is 16.9. The van der Waals surface area contributed by atoms with Crippen LogP contribution in [0, 0.1) is 3.57 Å². The highest BCUT2D eigenvalue weighted by Crippen LogP contribution is 2.42. The van der Waals surface area contributed by atoms with Crippen LogP contribution in [0.3, 0.4) is 0 Å². The molecule has 2 aliphatic rings. The topological polar surface area (TPSA) is 160 Å². The third-order valence-corrected chi connectivity index (χ3v) is 7.46. The summed E-state index contributed by atoms with van der Waals surface area (Å²) in [4.78, 5) is 38.3. The predicted octanol–water partition coefficient (Wildman–Crippen LogP) is 2.26. The Balaban J connectivity index is 2.13. The number of hydrogen-bond donors (Lipinski definition) is 5. The Morgan fingerprint density at radius 1 is 1.14 bits per heavy atom. The molecule has 2 amide bonds. The number of nitrogens with two attached hydrogens (primary N) is 1. The minimum atomic E-state index is -1.37. The van der Waals surface area contributed by atoms with Crippen LogP contribution in [-0.2, 0) is 32.0 Å². The van der Waals surface area contributed by atoms with Gasteiger partial charge in [0.05, 0.1) is 31.8 Å². The molecule has 36 heavy (non-hydrogen) atoms. The second kappa shape index (κ2) is 12.1. The van der Waals surface area contributed by atoms with Crippen molar-refractivity contribution in [3.05, 3.63) is 47.9 Å². The third kappa shape index (κ3) is 6.68. The van der Waals surface area contributed by atoms with Gasteiger partial charge in [-0.15, -0.1) is 0 Å². The molecular weight excluding hydrogens is 717 g/mol. The first-order valence-electron chi connectivity index (χ1n) is 10.7. The first kappa shape index (κ1) is 28.6. The number of fused-ring (bicyclic) bond motifs is 10. The molecule has 1 unspecified atom stereocenters. The Morgan fingerprint density at radius 2 is 1.75 bits per heavy atom. The SMILES string of the molecule is COC(=O)[C@@H]1Cc2cc(Br)c(c(Br)c2)Oc2cc(cc(I)c2O)C[C@H](N)C(=O)N[C@@H](C(C)O)C(=O)N1. The zero-order valence-electron chi connectivity index (χ0n) is 19.2. The van der Waals surface area contributed by atoms with E-state index in [2.05, 4.69) is 42.5 Å². The van der Waals surface area contributed by atoms with Gasteiger partial charge in [0.25, 0.3) is 0 Å². The van der Waals surface area contributed by atoms with Gasteiger partial charge in [0.2, 0.25) is 11.8 Å². The lowest BCUT2D eigenvalue weighted by Crippen LogP contribution is -2.58. The van der Waals surface area contributed by atoms with Gasteiger partial charge in [0.15, 0.2) is 17.2 Å². The number of esters is 1. The van der Waals surface area contributed by atoms with Crippen LogP contribution in [0.2, 0.25) is 0 Å². The second-order valence-electron chi connectivity index (χ2n) is 8.24. The lowest BCUT2D eigenvalue weighted by atomic mass is 10.0. The van der Waals surface area contributed by atoms with Crippen LogP contribution >= 0.6 is 54.5 Å². The molecule has 0 fully saturated rings. The highest BCUT2D eigenvalue weighted by molar-refractivity contribution is 14.1. The predicted molar refractivity (Wildman–Crippen MR) is 146 cm³/mol. The molecule has 2 aliphatic heterocycles. The van der Waals surface area contributed by atoms with Gasteiger partial charge in [-0.3, -0.25) is 9.59 Å². The third-order valence-electron chi connectivity index (χ3n) is 5.46. The van der Waals surface area contributed by atoms with E-state index in [1.807, 2.05) is 22.6 Å². The van der Waals surface area contributed by atoms with E-state index in [1.54, 1.807) is 24.3 Å². The number of aliphatic hydroxyl groups is 1. The molecule has 0 aromatic heterocycles. The van der Waals surface area contributed by atoms with Gasteiger partial charge < -0.3 is 36.1 Å². The molecule has 10 nitrogen and oxygen atoms in total. The second-order valence-corrected chi connectivity index (χ2v) is 11.1. The molecule has 4 atom stereocenters. The van der Waals surface area contributed by atoms with Crippen LogP contribution in [0.25, 0.3) is 0 Å². The van der Waals surface area contributed by atoms with E-state index in [0.29, 0.717) is 29.4 Å². The molecule has 0 spiro atoms. The number of ether oxygens (including phenoxy) is 2. The minimum Gasteiger partial charge on any atom is -0.504 e. The lowest BCUT2D eigenvalue weighted by Gasteiger charge is -2.25. The van der Waals surface area contributed by atoms with Gasteiger partial charge in [-0.05, 0) is 103 Å². The van der Waals surface area contributed by atoms with Crippen molar-refractivity contribution in [1.29, 1.82) is 0 Å². The molecule has 194 valence electrons. The summed E-state index contributed by atoms with van der Waals surface area (Å²) in [5, 5.41) is 25.8. The number of carbonyl (C=O) groups excluding carboxylic acids is 3. The van der Waals surface area contributed by atoms with Crippen molar-refractivity contribution in [1.82, 2.24) is 10.6 Å². The van der Waals surface area contributed by atoms with E-state index >= 15 is 0 Å². The van der Waals surface area contributed by atoms with Gasteiger partial charge in [-0.25, -0.2) is 4.79 Å². The van der Waals surface area contributed by atoms with Crippen LogP contribution in [0.4, 0.5) is 0 Å². The number of rotatable bonds is 2. The minimum absolute atomic E-state index is 0.0362. The average molecular weight is 741 g/mol. The summed E-state index contributed by atoms with van der Waals surface area (Å²) in [6, 6.07) is 3.07. The van der Waals surface area contributed by atoms with Crippen molar-refractivity contribution in [3.8, 4) is 17.2 Å². The van der Waals surface area contributed by atoms with E-state index in [9.17, 15) is 24.6 Å². The van der Waals surface area contributed by atoms with Crippen LogP contribution < -0.4 is 21.1 Å². The number of aromatic hydroxyl groups is 1. The summed E-state index contributed by atoms with van der Waals surface area (Å²) in [7, 11) is 1.19. The first-order valence-corrected chi connectivity index (χ1v) is 13.4. The summed E-state index contributed by atoms with van der Waals surface area (Å²) >= 11 is 8.87. The number of nitrogens with one attached hydrogen (secondary N) is 2. The van der Waals surface area contributed by atoms with E-state index in [4.69, 9.17) is 15.2 Å². The Bertz CT molecular complexity index is 1170. The standard InChI is InChI=1S/C23H24Br2IN3O7/c1-9(30)18-22(33)28-16(23(34)35-2)7-10-3-12(24)20(13(25)4-10)36-17-8-11(5-14(26)19(17)31)6-15(27)21(32)29-18/h3-5,8-9,15-16,18,30-31H,6-7,27H2,1-2H3,(H,28,33)(H,29,32)/t9?,15-,16-,18-/m0/s1. The summed E-state index contributed by atoms with van der Waals surface area (Å²) in [6.07, 6.45) is -1.19. The fraction of sp³-hybridized carbons (Fsp3) is 0.348. The molecule has 0 radical (unpaired) electrons. The van der Waals surface area contributed by atoms with Crippen LogP contribution in [-0.4, -0.2) is 59.3 Å². The highest BCUT2D eigenvalue weighted by Gasteiger charge is 2.32. The van der Waals surface area contributed by atoms with Crippen LogP contribution in [0.5, 0.6) is 17.2 Å². The number of aliphatic hydroxyl groups excluding tert-OH is 1. The Labute approximate surface area is 237 Å². The molecule has 2 aromatic rings. The van der Waals surface area contributed by atoms with Crippen molar-refractivity contribution in [2.45, 2.75) is 44.0 Å². The zero-order chi connectivity index (χ0) is 26.7. The summed E-state index contributed by atoms with van der Waals surface area (Å²) in [5.74, 6) is -1.75. The van der Waals surface area contributed by atoms with Crippen molar-refractivity contribution >= 4 is 72.2 Å². The molecule has 4 bridgehead atoms. The van der Waals surface area contributed by atoms with Gasteiger partial charge in [0, 0.05) is 6.42 Å². The Kier molecular flexibility index (Phi) is 9.60. The van der Waals surface area contributed by atoms with Crippen molar-refractivity contribution in [2.24, 2.45) is 5.73 Å². The number of hydrogen-bond acceptors (Lipinski definition) is 8. The number of carbonyl (C=O) groups is 3. The fourth-order valence-electron chi connectivity index (χ4n) is 3.61. The van der Waals surface area contributed by atoms with Gasteiger partial charge >= 0.3 is 5.97 Å². The van der Waals surface area contributed by atoms with Crippen molar-refractivity contribution in [3.63, 3.8) is 0 Å². The smallest absolute Gasteiger partial charge is 0.328 e. The highest BCUT2D eigenvalue weighted by atomic mass is 127. The van der Waals surface area contributed by atoms with E-state index < -0.39 is 42.0 Å². The summed E-state index contributed by atoms with van der Waals surface area (Å²) < 4.78 is 12.4. The van der Waals surface area contributed by atoms with Crippen molar-refractivity contribution in [2.75, 3.05) is 7.11 Å². The number of benzene rings is 2. The molecule has 4 rings (SSSR count). The van der Waals surface area contributed by atoms with E-state index in [1.165, 1.54) is 14.0 Å². The van der Waals surface area contributed by atoms with Crippen LogP contribution in [0.15, 0.2) is 33.2 Å². The molecule has 0 saturated heterocycles. The monoisotopic (exact) mass is 739 g/mol. The average Bonchev–Trinajstić information content (AvgIpc) is 2.80. The number of methoxy groups -OCH3 is 1. The Morgan fingerprint density at radius 3 is 2.33 bits per heavy atom. The molecule has 0 saturated carbocycles. The van der Waals surface area contributed by atoms with Crippen LogP contribution in [0.1, 0.15) is 18.1 Å². The number of phenolic OH excluding ortho intramolecular Hbond substituents is 1. The lowest BCUT2D eigenvalue weighted by molar-refractivity contribution is -0.145. The fourth-order valence-corrected chi connectivity index (χ4v) is 5.71. The van der Waals surface area contributed by atoms with Gasteiger partial charge in [-0.1, -0.05) is 0 Å². The molecule has 2 heterocycles.